The van der Waals surface area contributed by atoms with Gasteiger partial charge in [0.1, 0.15) is 30.2 Å². The number of nitrogens with two attached hydrogens (primary N) is 3. The third-order valence-corrected chi connectivity index (χ3v) is 7.87. The molecule has 0 aliphatic carbocycles. The third kappa shape index (κ3) is 21.5. The van der Waals surface area contributed by atoms with Gasteiger partial charge in [-0.15, -0.1) is 0 Å². The van der Waals surface area contributed by atoms with Gasteiger partial charge in [-0.3, -0.25) is 38.6 Å². The minimum absolute atomic E-state index is 0.00899. The maximum atomic E-state index is 13.7. The van der Waals surface area contributed by atoms with Crippen molar-refractivity contribution in [2.24, 2.45) is 39.9 Å². The second-order valence-electron chi connectivity index (χ2n) is 14.5. The molecule has 308 valence electrons. The number of rotatable bonds is 27. The van der Waals surface area contributed by atoms with E-state index in [0.29, 0.717) is 0 Å². The first-order valence-electron chi connectivity index (χ1n) is 18.0. The Hall–Kier alpha value is -5.01. The van der Waals surface area contributed by atoms with Gasteiger partial charge in [-0.25, -0.2) is 4.79 Å². The molecule has 0 heterocycles. The highest BCUT2D eigenvalue weighted by molar-refractivity contribution is 5.96. The predicted molar refractivity (Wildman–Crippen MR) is 197 cm³/mol. The van der Waals surface area contributed by atoms with E-state index in [1.165, 1.54) is 0 Å². The first kappa shape index (κ1) is 49.0. The molecule has 0 fully saturated rings. The van der Waals surface area contributed by atoms with Crippen LogP contribution >= 0.6 is 0 Å². The van der Waals surface area contributed by atoms with Gasteiger partial charge >= 0.3 is 17.9 Å². The van der Waals surface area contributed by atoms with Crippen molar-refractivity contribution >= 4 is 53.4 Å². The van der Waals surface area contributed by atoms with Gasteiger partial charge in [-0.1, -0.05) is 41.5 Å². The van der Waals surface area contributed by atoms with Crippen LogP contribution in [0.2, 0.25) is 0 Å². The molecule has 0 aliphatic rings. The summed E-state index contributed by atoms with van der Waals surface area (Å²) in [7, 11) is 0. The van der Waals surface area contributed by atoms with E-state index in [0.717, 1.165) is 0 Å². The quantitative estimate of drug-likeness (QED) is 0.0264. The molecule has 14 N–H and O–H groups in total. The lowest BCUT2D eigenvalue weighted by atomic mass is 9.99. The fourth-order valence-electron chi connectivity index (χ4n) is 5.19. The monoisotopic (exact) mass is 771 g/mol. The second kappa shape index (κ2) is 25.1. The Balaban J connectivity index is 6.33. The van der Waals surface area contributed by atoms with Gasteiger partial charge in [0.05, 0.1) is 6.04 Å². The van der Waals surface area contributed by atoms with Crippen LogP contribution < -0.4 is 43.8 Å². The topological polar surface area (TPSA) is 348 Å². The maximum absolute atomic E-state index is 13.7. The Morgan fingerprint density at radius 3 is 1.28 bits per heavy atom. The molecule has 0 saturated heterocycles. The Morgan fingerprint density at radius 2 is 0.870 bits per heavy atom. The van der Waals surface area contributed by atoms with Crippen LogP contribution in [0.4, 0.5) is 0 Å². The minimum atomic E-state index is -1.49. The summed E-state index contributed by atoms with van der Waals surface area (Å²) < 4.78 is 0. The van der Waals surface area contributed by atoms with Crippen molar-refractivity contribution in [1.82, 2.24) is 26.6 Å². The summed E-state index contributed by atoms with van der Waals surface area (Å²) in [6.45, 7) is 10.7. The van der Waals surface area contributed by atoms with Crippen LogP contribution in [0.3, 0.4) is 0 Å². The second-order valence-corrected chi connectivity index (χ2v) is 14.5. The molecule has 0 saturated carbocycles. The van der Waals surface area contributed by atoms with Gasteiger partial charge < -0.3 is 59.1 Å². The van der Waals surface area contributed by atoms with Crippen molar-refractivity contribution in [3.8, 4) is 0 Å². The Morgan fingerprint density at radius 1 is 0.519 bits per heavy atom. The van der Waals surface area contributed by atoms with E-state index in [4.69, 9.17) is 22.3 Å². The standard InChI is InChI=1S/C34H61N9O11/c1-17(2)14-23(41-28(48)20(35)9-11-26(44)45)31(51)40-22(10-12-27(46)47)30(50)42-24(15-18(3)4)32(52)39-21(8-7-13-38-34(36)37)29(49)43-25(33(53)54)16-19(5)6/h17-25H,7-16,35H2,1-6H3,(H,39,52)(H,40,51)(H,41,48)(H,42,50)(H,43,49)(H,44,45)(H,46,47)(H,53,54)(H4,36,37,38)/t20-,21-,22-,23-,24-,25-/m0/s1. The lowest BCUT2D eigenvalue weighted by molar-refractivity contribution is -0.143. The molecular formula is C34H61N9O11. The van der Waals surface area contributed by atoms with E-state index in [9.17, 15) is 48.6 Å². The predicted octanol–water partition coefficient (Wildman–Crippen LogP) is -1.26. The lowest BCUT2D eigenvalue weighted by Crippen LogP contribution is -2.59. The summed E-state index contributed by atoms with van der Waals surface area (Å²) in [6, 6.07) is -7.77. The molecule has 20 heteroatoms. The van der Waals surface area contributed by atoms with E-state index in [-0.39, 0.29) is 75.2 Å². The average Bonchev–Trinajstić information content (AvgIpc) is 3.04. The number of amides is 5. The Bertz CT molecular complexity index is 1320. The molecular weight excluding hydrogens is 710 g/mol. The molecule has 6 atom stereocenters. The molecule has 0 radical (unpaired) electrons. The number of carboxylic acids is 3. The number of nitrogens with zero attached hydrogens (tertiary/aromatic N) is 1. The van der Waals surface area contributed by atoms with Crippen LogP contribution in [0.25, 0.3) is 0 Å². The van der Waals surface area contributed by atoms with Gasteiger partial charge in [-0.05, 0) is 62.7 Å². The van der Waals surface area contributed by atoms with Gasteiger partial charge in [0.25, 0.3) is 0 Å². The van der Waals surface area contributed by atoms with E-state index < -0.39 is 96.5 Å². The molecule has 0 spiro atoms. The molecule has 0 aromatic heterocycles. The lowest BCUT2D eigenvalue weighted by Gasteiger charge is -2.28. The minimum Gasteiger partial charge on any atom is -0.481 e. The highest BCUT2D eigenvalue weighted by Crippen LogP contribution is 2.12. The fourth-order valence-corrected chi connectivity index (χ4v) is 5.19. The van der Waals surface area contributed by atoms with Gasteiger partial charge in [0.15, 0.2) is 5.96 Å². The van der Waals surface area contributed by atoms with Crippen LogP contribution in [-0.2, 0) is 38.4 Å². The molecule has 5 amide bonds. The summed E-state index contributed by atoms with van der Waals surface area (Å²) in [5.41, 5.74) is 16.6. The molecule has 54 heavy (non-hydrogen) atoms. The molecule has 0 aromatic carbocycles. The van der Waals surface area contributed by atoms with E-state index in [1.807, 2.05) is 0 Å². The summed E-state index contributed by atoms with van der Waals surface area (Å²) in [6.07, 6.45) is -1.09. The normalized spacial score (nSPS) is 14.5. The maximum Gasteiger partial charge on any atom is 0.326 e. The molecule has 0 bridgehead atoms. The van der Waals surface area contributed by atoms with Crippen LogP contribution in [-0.4, -0.2) is 112 Å². The summed E-state index contributed by atoms with van der Waals surface area (Å²) in [5, 5.41) is 40.5. The zero-order valence-corrected chi connectivity index (χ0v) is 32.1. The largest absolute Gasteiger partial charge is 0.481 e. The molecule has 0 aliphatic heterocycles. The van der Waals surface area contributed by atoms with E-state index >= 15 is 0 Å². The summed E-state index contributed by atoms with van der Waals surface area (Å²) in [5.74, 6) is -8.48. The average molecular weight is 772 g/mol. The Kier molecular flexibility index (Phi) is 22.8. The van der Waals surface area contributed by atoms with Gasteiger partial charge in [-0.2, -0.15) is 0 Å². The number of carbonyl (C=O) groups excluding carboxylic acids is 5. The van der Waals surface area contributed by atoms with Gasteiger partial charge in [0.2, 0.25) is 29.5 Å². The number of carbonyl (C=O) groups is 8. The van der Waals surface area contributed by atoms with Crippen molar-refractivity contribution in [2.75, 3.05) is 6.54 Å². The number of carboxylic acid groups (broad SMARTS) is 3. The number of aliphatic imine (C=N–C) groups is 1. The summed E-state index contributed by atoms with van der Waals surface area (Å²) in [4.78, 5) is 105. The number of guanidine groups is 1. The highest BCUT2D eigenvalue weighted by atomic mass is 16.4. The summed E-state index contributed by atoms with van der Waals surface area (Å²) >= 11 is 0. The zero-order valence-electron chi connectivity index (χ0n) is 32.1. The first-order valence-corrected chi connectivity index (χ1v) is 18.0. The zero-order chi connectivity index (χ0) is 41.7. The van der Waals surface area contributed by atoms with E-state index in [1.54, 1.807) is 41.5 Å². The van der Waals surface area contributed by atoms with Crippen molar-refractivity contribution in [2.45, 2.75) is 136 Å². The molecule has 0 unspecified atom stereocenters. The number of hydrogen-bond donors (Lipinski definition) is 11. The number of nitrogens with one attached hydrogen (secondary N) is 5. The van der Waals surface area contributed by atoms with Crippen molar-refractivity contribution in [3.63, 3.8) is 0 Å². The SMILES string of the molecule is CC(C)C[C@H](NC(=O)[C@H](CCCN=C(N)N)NC(=O)[C@H](CC(C)C)NC(=O)[C@H](CCC(=O)O)NC(=O)[C@H](CC(C)C)NC(=O)[C@@H](N)CCC(=O)O)C(=O)O. The van der Waals surface area contributed by atoms with Crippen LogP contribution in [0.1, 0.15) is 99.3 Å². The number of hydrogen-bond acceptors (Lipinski definition) is 10. The van der Waals surface area contributed by atoms with Crippen molar-refractivity contribution in [1.29, 1.82) is 0 Å². The van der Waals surface area contributed by atoms with Crippen LogP contribution in [0.15, 0.2) is 4.99 Å². The van der Waals surface area contributed by atoms with Crippen molar-refractivity contribution < 1.29 is 53.7 Å². The van der Waals surface area contributed by atoms with Crippen LogP contribution in [0, 0.1) is 17.8 Å². The van der Waals surface area contributed by atoms with Crippen molar-refractivity contribution in [3.05, 3.63) is 0 Å². The Labute approximate surface area is 315 Å². The smallest absolute Gasteiger partial charge is 0.326 e. The van der Waals surface area contributed by atoms with Gasteiger partial charge in [0, 0.05) is 19.4 Å². The van der Waals surface area contributed by atoms with Crippen LogP contribution in [0.5, 0.6) is 0 Å². The third-order valence-electron chi connectivity index (χ3n) is 7.87. The number of aliphatic carboxylic acids is 3. The molecule has 20 nitrogen and oxygen atoms in total. The highest BCUT2D eigenvalue weighted by Gasteiger charge is 2.33. The molecule has 0 rings (SSSR count). The van der Waals surface area contributed by atoms with E-state index in [2.05, 4.69) is 31.6 Å². The molecule has 0 aromatic rings. The first-order chi connectivity index (χ1) is 25.0. The fraction of sp³-hybridized carbons (Fsp3) is 0.735.